The fourth-order valence-corrected chi connectivity index (χ4v) is 2.67. The molecule has 122 valence electrons. The van der Waals surface area contributed by atoms with Gasteiger partial charge in [0.2, 0.25) is 0 Å². The SMILES string of the molecule is CCCC(=NC#Cc1ccc(-c2ccccc2)cc1)c1ccccc1. The highest BCUT2D eigenvalue weighted by Crippen LogP contribution is 2.18. The van der Waals surface area contributed by atoms with Crippen LogP contribution in [0.25, 0.3) is 11.1 Å². The van der Waals surface area contributed by atoms with Gasteiger partial charge in [-0.25, -0.2) is 4.99 Å². The molecule has 0 saturated carbocycles. The van der Waals surface area contributed by atoms with Gasteiger partial charge in [-0.1, -0.05) is 86.1 Å². The van der Waals surface area contributed by atoms with E-state index in [1.807, 2.05) is 36.4 Å². The van der Waals surface area contributed by atoms with Gasteiger partial charge in [0.15, 0.2) is 0 Å². The van der Waals surface area contributed by atoms with Gasteiger partial charge in [-0.15, -0.1) is 0 Å². The van der Waals surface area contributed by atoms with E-state index < -0.39 is 0 Å². The summed E-state index contributed by atoms with van der Waals surface area (Å²) in [6.45, 7) is 2.16. The minimum atomic E-state index is 0.936. The van der Waals surface area contributed by atoms with Crippen LogP contribution in [-0.4, -0.2) is 5.71 Å². The zero-order valence-electron chi connectivity index (χ0n) is 14.4. The van der Waals surface area contributed by atoms with Gasteiger partial charge < -0.3 is 0 Å². The summed E-state index contributed by atoms with van der Waals surface area (Å²) in [5, 5.41) is 0. The van der Waals surface area contributed by atoms with Gasteiger partial charge in [0.1, 0.15) is 0 Å². The third-order valence-electron chi connectivity index (χ3n) is 3.98. The Balaban J connectivity index is 1.78. The third-order valence-corrected chi connectivity index (χ3v) is 3.98. The summed E-state index contributed by atoms with van der Waals surface area (Å²) < 4.78 is 0. The van der Waals surface area contributed by atoms with E-state index in [1.54, 1.807) is 0 Å². The lowest BCUT2D eigenvalue weighted by molar-refractivity contribution is 0.993. The first-order valence-electron chi connectivity index (χ1n) is 8.65. The molecule has 0 radical (unpaired) electrons. The van der Waals surface area contributed by atoms with E-state index in [-0.39, 0.29) is 0 Å². The predicted molar refractivity (Wildman–Crippen MR) is 107 cm³/mol. The Bertz CT molecular complexity index is 880. The second-order valence-electron chi connectivity index (χ2n) is 5.85. The van der Waals surface area contributed by atoms with Crippen molar-refractivity contribution in [2.75, 3.05) is 0 Å². The molecule has 0 atom stereocenters. The summed E-state index contributed by atoms with van der Waals surface area (Å²) in [6.07, 6.45) is 1.99. The Hall–Kier alpha value is -3.11. The Kier molecular flexibility index (Phi) is 5.80. The average molecular weight is 323 g/mol. The van der Waals surface area contributed by atoms with Crippen LogP contribution in [0.15, 0.2) is 89.9 Å². The molecule has 25 heavy (non-hydrogen) atoms. The van der Waals surface area contributed by atoms with Gasteiger partial charge in [0, 0.05) is 11.6 Å². The summed E-state index contributed by atoms with van der Waals surface area (Å²) in [5.41, 5.74) is 5.60. The molecular formula is C24H21N. The average Bonchev–Trinajstić information content (AvgIpc) is 2.69. The van der Waals surface area contributed by atoms with Gasteiger partial charge in [-0.05, 0) is 41.2 Å². The normalized spacial score (nSPS) is 10.8. The first kappa shape index (κ1) is 16.7. The predicted octanol–water partition coefficient (Wildman–Crippen LogP) is 5.95. The van der Waals surface area contributed by atoms with Gasteiger partial charge >= 0.3 is 0 Å². The molecule has 0 N–H and O–H groups in total. The highest BCUT2D eigenvalue weighted by Gasteiger charge is 2.00. The van der Waals surface area contributed by atoms with E-state index in [4.69, 9.17) is 0 Å². The first-order chi connectivity index (χ1) is 12.4. The second kappa shape index (κ2) is 8.66. The zero-order chi connectivity index (χ0) is 17.3. The van der Waals surface area contributed by atoms with Crippen LogP contribution in [0.3, 0.4) is 0 Å². The molecule has 0 spiro atoms. The Labute approximate surface area is 150 Å². The first-order valence-corrected chi connectivity index (χ1v) is 8.65. The van der Waals surface area contributed by atoms with Crippen molar-refractivity contribution in [3.8, 4) is 23.1 Å². The quantitative estimate of drug-likeness (QED) is 0.415. The van der Waals surface area contributed by atoms with E-state index in [0.29, 0.717) is 0 Å². The maximum Gasteiger partial charge on any atom is 0.0583 e. The zero-order valence-corrected chi connectivity index (χ0v) is 14.4. The van der Waals surface area contributed by atoms with Crippen LogP contribution in [-0.2, 0) is 0 Å². The second-order valence-corrected chi connectivity index (χ2v) is 5.85. The smallest absolute Gasteiger partial charge is 0.0583 e. The van der Waals surface area contributed by atoms with Crippen LogP contribution in [0.4, 0.5) is 0 Å². The summed E-state index contributed by atoms with van der Waals surface area (Å²) >= 11 is 0. The van der Waals surface area contributed by atoms with E-state index in [9.17, 15) is 0 Å². The summed E-state index contributed by atoms with van der Waals surface area (Å²) in [7, 11) is 0. The van der Waals surface area contributed by atoms with E-state index in [2.05, 4.69) is 72.4 Å². The molecule has 3 aromatic carbocycles. The fourth-order valence-electron chi connectivity index (χ4n) is 2.67. The summed E-state index contributed by atoms with van der Waals surface area (Å²) in [6, 6.07) is 31.9. The molecule has 0 amide bonds. The summed E-state index contributed by atoms with van der Waals surface area (Å²) in [4.78, 5) is 4.52. The minimum absolute atomic E-state index is 0.936. The standard InChI is InChI=1S/C24H21N/c1-2-9-24(23-12-7-4-8-13-23)25-19-18-20-14-16-22(17-15-20)21-10-5-3-6-11-21/h3-8,10-17H,2,9H2,1H3. The molecular weight excluding hydrogens is 302 g/mol. The van der Waals surface area contributed by atoms with Gasteiger partial charge in [-0.3, -0.25) is 0 Å². The number of aliphatic imine (C=N–C) groups is 1. The number of hydrogen-bond acceptors (Lipinski definition) is 1. The maximum absolute atomic E-state index is 4.52. The Morgan fingerprint density at radius 2 is 1.36 bits per heavy atom. The van der Waals surface area contributed by atoms with Gasteiger partial charge in [0.25, 0.3) is 0 Å². The Morgan fingerprint density at radius 1 is 0.760 bits per heavy atom. The molecule has 0 aromatic heterocycles. The van der Waals surface area contributed by atoms with Crippen LogP contribution in [0.2, 0.25) is 0 Å². The van der Waals surface area contributed by atoms with Gasteiger partial charge in [0.05, 0.1) is 5.71 Å². The van der Waals surface area contributed by atoms with Gasteiger partial charge in [-0.2, -0.15) is 0 Å². The number of rotatable bonds is 4. The van der Waals surface area contributed by atoms with E-state index >= 15 is 0 Å². The molecule has 3 rings (SSSR count). The van der Waals surface area contributed by atoms with Crippen molar-refractivity contribution in [2.24, 2.45) is 4.99 Å². The molecule has 3 aromatic rings. The van der Waals surface area contributed by atoms with Crippen LogP contribution >= 0.6 is 0 Å². The lowest BCUT2D eigenvalue weighted by atomic mass is 10.0. The lowest BCUT2D eigenvalue weighted by Crippen LogP contribution is -1.99. The summed E-state index contributed by atoms with van der Waals surface area (Å²) in [5.74, 6) is 3.14. The monoisotopic (exact) mass is 323 g/mol. The molecule has 0 aliphatic heterocycles. The van der Waals surface area contributed by atoms with Crippen LogP contribution in [0, 0.1) is 12.0 Å². The van der Waals surface area contributed by atoms with Crippen LogP contribution in [0.1, 0.15) is 30.9 Å². The molecule has 1 nitrogen and oxygen atoms in total. The highest BCUT2D eigenvalue weighted by molar-refractivity contribution is 6.01. The number of nitrogens with zero attached hydrogens (tertiary/aromatic N) is 1. The maximum atomic E-state index is 4.52. The molecule has 0 saturated heterocycles. The number of benzene rings is 3. The lowest BCUT2D eigenvalue weighted by Gasteiger charge is -2.02. The van der Waals surface area contributed by atoms with Crippen molar-refractivity contribution in [1.29, 1.82) is 0 Å². The largest absolute Gasteiger partial charge is 0.201 e. The highest BCUT2D eigenvalue weighted by atomic mass is 14.7. The van der Waals surface area contributed by atoms with Crippen molar-refractivity contribution >= 4 is 5.71 Å². The van der Waals surface area contributed by atoms with E-state index in [0.717, 1.165) is 29.7 Å². The number of hydrogen-bond donors (Lipinski definition) is 0. The molecule has 0 aliphatic rings. The molecule has 0 unspecified atom stereocenters. The molecule has 0 heterocycles. The fraction of sp³-hybridized carbons (Fsp3) is 0.125. The van der Waals surface area contributed by atoms with Crippen LogP contribution in [0.5, 0.6) is 0 Å². The Morgan fingerprint density at radius 3 is 2.00 bits per heavy atom. The molecule has 0 bridgehead atoms. The molecule has 1 heteroatoms. The minimum Gasteiger partial charge on any atom is -0.201 e. The van der Waals surface area contributed by atoms with E-state index in [1.165, 1.54) is 11.1 Å². The van der Waals surface area contributed by atoms with Crippen molar-refractivity contribution < 1.29 is 0 Å². The molecule has 0 aliphatic carbocycles. The van der Waals surface area contributed by atoms with Crippen molar-refractivity contribution in [2.45, 2.75) is 19.8 Å². The topological polar surface area (TPSA) is 12.4 Å². The third kappa shape index (κ3) is 4.68. The van der Waals surface area contributed by atoms with Crippen molar-refractivity contribution in [1.82, 2.24) is 0 Å². The molecule has 0 fully saturated rings. The van der Waals surface area contributed by atoms with Crippen molar-refractivity contribution in [3.63, 3.8) is 0 Å². The van der Waals surface area contributed by atoms with Crippen LogP contribution < -0.4 is 0 Å². The van der Waals surface area contributed by atoms with Crippen molar-refractivity contribution in [3.05, 3.63) is 96.1 Å².